The smallest absolute Gasteiger partial charge is 0.0858 e. The molecule has 0 aromatic heterocycles. The molecule has 0 aliphatic carbocycles. The van der Waals surface area contributed by atoms with E-state index < -0.39 is 0 Å². The molecule has 0 N–H and O–H groups in total. The van der Waals surface area contributed by atoms with E-state index in [9.17, 15) is 0 Å². The van der Waals surface area contributed by atoms with Crippen LogP contribution in [0.3, 0.4) is 0 Å². The first-order valence-corrected chi connectivity index (χ1v) is 2.13. The minimum atomic E-state index is 0.551. The van der Waals surface area contributed by atoms with E-state index in [4.69, 9.17) is 0 Å². The monoisotopic (exact) mass is 87.1 g/mol. The SMILES string of the molecule is CO[CH]C(C)C. The predicted molar refractivity (Wildman–Crippen MR) is 26.1 cm³/mol. The van der Waals surface area contributed by atoms with Gasteiger partial charge in [0.05, 0.1) is 6.61 Å². The molecule has 0 rings (SSSR count). The van der Waals surface area contributed by atoms with Gasteiger partial charge in [0.15, 0.2) is 0 Å². The third-order valence-electron chi connectivity index (χ3n) is 0.408. The van der Waals surface area contributed by atoms with E-state index in [1.54, 1.807) is 13.7 Å². The van der Waals surface area contributed by atoms with E-state index in [0.717, 1.165) is 0 Å². The largest absolute Gasteiger partial charge is 0.378 e. The fourth-order valence-corrected chi connectivity index (χ4v) is 0.272. The molecule has 0 unspecified atom stereocenters. The van der Waals surface area contributed by atoms with Gasteiger partial charge in [0, 0.05) is 7.11 Å². The summed E-state index contributed by atoms with van der Waals surface area (Å²) < 4.78 is 4.68. The van der Waals surface area contributed by atoms with Gasteiger partial charge in [0.2, 0.25) is 0 Å². The predicted octanol–water partition coefficient (Wildman–Crippen LogP) is 1.45. The summed E-state index contributed by atoms with van der Waals surface area (Å²) >= 11 is 0. The maximum absolute atomic E-state index is 4.68. The van der Waals surface area contributed by atoms with Crippen LogP contribution >= 0.6 is 0 Å². The number of hydrogen-bond acceptors (Lipinski definition) is 1. The summed E-state index contributed by atoms with van der Waals surface area (Å²) in [5.74, 6) is 0.551. The van der Waals surface area contributed by atoms with Crippen LogP contribution in [0.25, 0.3) is 0 Å². The van der Waals surface area contributed by atoms with Crippen LogP contribution in [-0.4, -0.2) is 7.11 Å². The molecule has 37 valence electrons. The van der Waals surface area contributed by atoms with Crippen LogP contribution in [0.1, 0.15) is 13.8 Å². The second kappa shape index (κ2) is 3.16. The molecule has 0 aliphatic heterocycles. The Kier molecular flexibility index (Phi) is 3.14. The lowest BCUT2D eigenvalue weighted by molar-refractivity contribution is 0.241. The van der Waals surface area contributed by atoms with Crippen LogP contribution in [0.15, 0.2) is 0 Å². The van der Waals surface area contributed by atoms with Crippen molar-refractivity contribution in [1.82, 2.24) is 0 Å². The first kappa shape index (κ1) is 5.96. The van der Waals surface area contributed by atoms with Crippen molar-refractivity contribution in [2.75, 3.05) is 7.11 Å². The van der Waals surface area contributed by atoms with Gasteiger partial charge in [-0.1, -0.05) is 13.8 Å². The van der Waals surface area contributed by atoms with Crippen molar-refractivity contribution in [3.05, 3.63) is 6.61 Å². The zero-order chi connectivity index (χ0) is 4.99. The summed E-state index contributed by atoms with van der Waals surface area (Å²) in [7, 11) is 1.67. The highest BCUT2D eigenvalue weighted by Gasteiger charge is 1.87. The third kappa shape index (κ3) is 3.96. The minimum Gasteiger partial charge on any atom is -0.378 e. The first-order valence-electron chi connectivity index (χ1n) is 2.13. The summed E-state index contributed by atoms with van der Waals surface area (Å²) in [6.45, 7) is 5.94. The highest BCUT2D eigenvalue weighted by atomic mass is 16.5. The van der Waals surface area contributed by atoms with Crippen molar-refractivity contribution in [2.45, 2.75) is 13.8 Å². The van der Waals surface area contributed by atoms with E-state index in [0.29, 0.717) is 5.92 Å². The lowest BCUT2D eigenvalue weighted by atomic mass is 10.2. The molecule has 0 spiro atoms. The van der Waals surface area contributed by atoms with Gasteiger partial charge < -0.3 is 4.74 Å². The summed E-state index contributed by atoms with van der Waals surface area (Å²) in [5.41, 5.74) is 0. The molecule has 0 aromatic carbocycles. The van der Waals surface area contributed by atoms with Crippen molar-refractivity contribution >= 4 is 0 Å². The van der Waals surface area contributed by atoms with Crippen LogP contribution in [0.5, 0.6) is 0 Å². The molecule has 0 heterocycles. The van der Waals surface area contributed by atoms with Crippen LogP contribution < -0.4 is 0 Å². The van der Waals surface area contributed by atoms with Crippen LogP contribution in [0.4, 0.5) is 0 Å². The van der Waals surface area contributed by atoms with Gasteiger partial charge in [0.1, 0.15) is 0 Å². The molecule has 0 amide bonds. The fraction of sp³-hybridized carbons (Fsp3) is 0.800. The second-order valence-corrected chi connectivity index (χ2v) is 1.62. The van der Waals surface area contributed by atoms with E-state index >= 15 is 0 Å². The van der Waals surface area contributed by atoms with Crippen LogP contribution in [0.2, 0.25) is 0 Å². The molecule has 0 bridgehead atoms. The Bertz CT molecular complexity index is 25.1. The summed E-state index contributed by atoms with van der Waals surface area (Å²) in [5, 5.41) is 0. The Labute approximate surface area is 39.3 Å². The Morgan fingerprint density at radius 1 is 1.50 bits per heavy atom. The molecular weight excluding hydrogens is 76.1 g/mol. The number of methoxy groups -OCH3 is 1. The van der Waals surface area contributed by atoms with E-state index in [1.165, 1.54) is 0 Å². The van der Waals surface area contributed by atoms with Gasteiger partial charge in [-0.05, 0) is 5.92 Å². The van der Waals surface area contributed by atoms with Crippen molar-refractivity contribution in [3.63, 3.8) is 0 Å². The fourth-order valence-electron chi connectivity index (χ4n) is 0.272. The molecule has 0 saturated carbocycles. The molecule has 0 saturated heterocycles. The standard InChI is InChI=1S/C5H11O/c1-5(2)4-6-3/h4-5H,1-3H3. The topological polar surface area (TPSA) is 9.23 Å². The third-order valence-corrected chi connectivity index (χ3v) is 0.408. The quantitative estimate of drug-likeness (QED) is 0.495. The van der Waals surface area contributed by atoms with Gasteiger partial charge >= 0.3 is 0 Å². The van der Waals surface area contributed by atoms with Crippen molar-refractivity contribution in [1.29, 1.82) is 0 Å². The highest BCUT2D eigenvalue weighted by Crippen LogP contribution is 1.94. The van der Waals surface area contributed by atoms with Gasteiger partial charge in [-0.25, -0.2) is 0 Å². The van der Waals surface area contributed by atoms with E-state index in [-0.39, 0.29) is 0 Å². The molecule has 0 aromatic rings. The molecule has 6 heavy (non-hydrogen) atoms. The Morgan fingerprint density at radius 2 is 2.00 bits per heavy atom. The van der Waals surface area contributed by atoms with Crippen molar-refractivity contribution < 1.29 is 4.74 Å². The van der Waals surface area contributed by atoms with Gasteiger partial charge in [0.25, 0.3) is 0 Å². The van der Waals surface area contributed by atoms with E-state index in [1.807, 2.05) is 0 Å². The maximum atomic E-state index is 4.68. The average Bonchev–Trinajstić information content (AvgIpc) is 1.35. The molecule has 0 atom stereocenters. The van der Waals surface area contributed by atoms with Crippen molar-refractivity contribution in [3.8, 4) is 0 Å². The first-order chi connectivity index (χ1) is 2.77. The molecule has 1 radical (unpaired) electrons. The van der Waals surface area contributed by atoms with Gasteiger partial charge in [-0.15, -0.1) is 0 Å². The lowest BCUT2D eigenvalue weighted by Crippen LogP contribution is -1.87. The maximum Gasteiger partial charge on any atom is 0.0858 e. The number of ether oxygens (including phenoxy) is 1. The molecular formula is C5H11O. The zero-order valence-electron chi connectivity index (χ0n) is 4.56. The highest BCUT2D eigenvalue weighted by molar-refractivity contribution is 4.52. The van der Waals surface area contributed by atoms with Crippen molar-refractivity contribution in [2.24, 2.45) is 5.92 Å². The minimum absolute atomic E-state index is 0.551. The molecule has 1 heteroatoms. The number of hydrogen-bond donors (Lipinski definition) is 0. The second-order valence-electron chi connectivity index (χ2n) is 1.62. The number of rotatable bonds is 2. The normalized spacial score (nSPS) is 10.0. The molecule has 0 fully saturated rings. The summed E-state index contributed by atoms with van der Waals surface area (Å²) in [4.78, 5) is 0. The van der Waals surface area contributed by atoms with E-state index in [2.05, 4.69) is 18.6 Å². The summed E-state index contributed by atoms with van der Waals surface area (Å²) in [6.07, 6.45) is 0. The Morgan fingerprint density at radius 3 is 2.00 bits per heavy atom. The zero-order valence-corrected chi connectivity index (χ0v) is 4.56. The molecule has 1 nitrogen and oxygen atoms in total. The van der Waals surface area contributed by atoms with Crippen LogP contribution in [0, 0.1) is 12.5 Å². The average molecular weight is 87.1 g/mol. The van der Waals surface area contributed by atoms with Crippen LogP contribution in [-0.2, 0) is 4.74 Å². The Balaban J connectivity index is 2.63. The van der Waals surface area contributed by atoms with Gasteiger partial charge in [-0.2, -0.15) is 0 Å². The molecule has 0 aliphatic rings. The van der Waals surface area contributed by atoms with Gasteiger partial charge in [-0.3, -0.25) is 0 Å². The summed E-state index contributed by atoms with van der Waals surface area (Å²) in [6, 6.07) is 0. The lowest BCUT2D eigenvalue weighted by Gasteiger charge is -1.96. The Hall–Kier alpha value is -0.0400.